The Balaban J connectivity index is 2.06. The van der Waals surface area contributed by atoms with Gasteiger partial charge in [0.2, 0.25) is 0 Å². The van der Waals surface area contributed by atoms with Crippen molar-refractivity contribution in [1.82, 2.24) is 0 Å². The van der Waals surface area contributed by atoms with Crippen molar-refractivity contribution in [3.63, 3.8) is 0 Å². The third-order valence-corrected chi connectivity index (χ3v) is 3.33. The first-order valence-electron chi connectivity index (χ1n) is 6.50. The molecule has 114 valence electrons. The van der Waals surface area contributed by atoms with Gasteiger partial charge in [0.25, 0.3) is 0 Å². The van der Waals surface area contributed by atoms with Crippen molar-refractivity contribution in [3.8, 4) is 0 Å². The second-order valence-corrected chi connectivity index (χ2v) is 4.97. The van der Waals surface area contributed by atoms with Crippen LogP contribution in [0.5, 0.6) is 0 Å². The van der Waals surface area contributed by atoms with Gasteiger partial charge in [0.05, 0.1) is 12.7 Å². The molecule has 0 radical (unpaired) electrons. The quantitative estimate of drug-likeness (QED) is 0.876. The Morgan fingerprint density at radius 2 is 1.64 bits per heavy atom. The van der Waals surface area contributed by atoms with E-state index in [9.17, 15) is 9.59 Å². The van der Waals surface area contributed by atoms with Crippen molar-refractivity contribution < 1.29 is 14.3 Å². The predicted molar refractivity (Wildman–Crippen MR) is 86.7 cm³/mol. The van der Waals surface area contributed by atoms with Crippen LogP contribution in [0.1, 0.15) is 10.4 Å². The van der Waals surface area contributed by atoms with Gasteiger partial charge in [-0.05, 0) is 48.5 Å². The lowest BCUT2D eigenvalue weighted by Gasteiger charge is -2.18. The van der Waals surface area contributed by atoms with E-state index in [1.165, 1.54) is 12.0 Å². The van der Waals surface area contributed by atoms with Crippen molar-refractivity contribution in [3.05, 3.63) is 59.1 Å². The second kappa shape index (κ2) is 6.95. The molecule has 0 aliphatic heterocycles. The van der Waals surface area contributed by atoms with Gasteiger partial charge in [0.15, 0.2) is 0 Å². The number of urea groups is 1. The first kappa shape index (κ1) is 15.9. The average Bonchev–Trinajstić information content (AvgIpc) is 2.55. The molecule has 0 fully saturated rings. The minimum atomic E-state index is -0.417. The summed E-state index contributed by atoms with van der Waals surface area (Å²) in [6.45, 7) is 0. The number of esters is 1. The molecule has 5 nitrogen and oxygen atoms in total. The number of amides is 2. The summed E-state index contributed by atoms with van der Waals surface area (Å²) in [5.74, 6) is -0.417. The zero-order valence-electron chi connectivity index (χ0n) is 12.2. The number of nitrogens with one attached hydrogen (secondary N) is 1. The highest BCUT2D eigenvalue weighted by atomic mass is 35.5. The van der Waals surface area contributed by atoms with Gasteiger partial charge < -0.3 is 10.1 Å². The number of hydrogen-bond acceptors (Lipinski definition) is 3. The first-order valence-corrected chi connectivity index (χ1v) is 6.87. The van der Waals surface area contributed by atoms with E-state index in [1.807, 2.05) is 0 Å². The van der Waals surface area contributed by atoms with E-state index in [0.29, 0.717) is 22.0 Å². The molecule has 2 amide bonds. The van der Waals surface area contributed by atoms with E-state index in [0.717, 1.165) is 0 Å². The van der Waals surface area contributed by atoms with Crippen molar-refractivity contribution >= 4 is 35.0 Å². The van der Waals surface area contributed by atoms with Crippen molar-refractivity contribution in [2.24, 2.45) is 0 Å². The smallest absolute Gasteiger partial charge is 0.337 e. The number of hydrogen-bond donors (Lipinski definition) is 1. The van der Waals surface area contributed by atoms with Crippen molar-refractivity contribution in [1.29, 1.82) is 0 Å². The number of rotatable bonds is 3. The molecular weight excluding hydrogens is 304 g/mol. The Labute approximate surface area is 133 Å². The first-order chi connectivity index (χ1) is 10.5. The summed E-state index contributed by atoms with van der Waals surface area (Å²) in [6.07, 6.45) is 0. The standard InChI is InChI=1S/C16H15ClN2O3/c1-19(14-9-3-11(4-10-14)15(20)22-2)16(21)18-13-7-5-12(17)6-8-13/h3-10H,1-2H3,(H,18,21). The highest BCUT2D eigenvalue weighted by Gasteiger charge is 2.12. The van der Waals surface area contributed by atoms with Crippen LogP contribution in [0, 0.1) is 0 Å². The van der Waals surface area contributed by atoms with Crippen molar-refractivity contribution in [2.75, 3.05) is 24.4 Å². The molecule has 0 aliphatic carbocycles. The van der Waals surface area contributed by atoms with Gasteiger partial charge in [-0.2, -0.15) is 0 Å². The minimum absolute atomic E-state index is 0.298. The molecule has 0 heterocycles. The maximum absolute atomic E-state index is 12.2. The minimum Gasteiger partial charge on any atom is -0.465 e. The number of nitrogens with zero attached hydrogens (tertiary/aromatic N) is 1. The summed E-state index contributed by atoms with van der Waals surface area (Å²) < 4.78 is 4.63. The van der Waals surface area contributed by atoms with Crippen LogP contribution in [-0.2, 0) is 4.74 Å². The molecule has 0 aromatic heterocycles. The molecule has 0 aliphatic rings. The zero-order chi connectivity index (χ0) is 16.1. The summed E-state index contributed by atoms with van der Waals surface area (Å²) in [6, 6.07) is 13.1. The number of ether oxygens (including phenoxy) is 1. The molecule has 1 N–H and O–H groups in total. The topological polar surface area (TPSA) is 58.6 Å². The monoisotopic (exact) mass is 318 g/mol. The maximum atomic E-state index is 12.2. The van der Waals surface area contributed by atoms with E-state index in [4.69, 9.17) is 11.6 Å². The summed E-state index contributed by atoms with van der Waals surface area (Å²) in [5, 5.41) is 3.35. The normalized spacial score (nSPS) is 9.95. The second-order valence-electron chi connectivity index (χ2n) is 4.53. The summed E-state index contributed by atoms with van der Waals surface area (Å²) in [4.78, 5) is 25.0. The Kier molecular flexibility index (Phi) is 5.01. The molecule has 0 saturated heterocycles. The summed E-state index contributed by atoms with van der Waals surface area (Å²) in [7, 11) is 2.96. The van der Waals surface area contributed by atoms with E-state index in [-0.39, 0.29) is 6.03 Å². The highest BCUT2D eigenvalue weighted by Crippen LogP contribution is 2.17. The number of benzene rings is 2. The highest BCUT2D eigenvalue weighted by molar-refractivity contribution is 6.30. The van der Waals surface area contributed by atoms with Crippen LogP contribution >= 0.6 is 11.6 Å². The third-order valence-electron chi connectivity index (χ3n) is 3.08. The molecule has 22 heavy (non-hydrogen) atoms. The van der Waals surface area contributed by atoms with Gasteiger partial charge in [0.1, 0.15) is 0 Å². The fourth-order valence-electron chi connectivity index (χ4n) is 1.80. The summed E-state index contributed by atoms with van der Waals surface area (Å²) >= 11 is 5.80. The Bertz CT molecular complexity index is 669. The Morgan fingerprint density at radius 3 is 2.18 bits per heavy atom. The van der Waals surface area contributed by atoms with E-state index in [2.05, 4.69) is 10.1 Å². The molecule has 0 spiro atoms. The number of carbonyl (C=O) groups is 2. The van der Waals surface area contributed by atoms with E-state index in [1.54, 1.807) is 55.6 Å². The van der Waals surface area contributed by atoms with Gasteiger partial charge in [-0.15, -0.1) is 0 Å². The lowest BCUT2D eigenvalue weighted by molar-refractivity contribution is 0.0601. The molecule has 0 unspecified atom stereocenters. The molecule has 2 aromatic carbocycles. The molecule has 2 aromatic rings. The fourth-order valence-corrected chi connectivity index (χ4v) is 1.92. The van der Waals surface area contributed by atoms with Crippen molar-refractivity contribution in [2.45, 2.75) is 0 Å². The number of carbonyl (C=O) groups excluding carboxylic acids is 2. The van der Waals surface area contributed by atoms with Crippen LogP contribution in [0.3, 0.4) is 0 Å². The van der Waals surface area contributed by atoms with Gasteiger partial charge in [-0.3, -0.25) is 4.90 Å². The van der Waals surface area contributed by atoms with E-state index < -0.39 is 5.97 Å². The number of methoxy groups -OCH3 is 1. The average molecular weight is 319 g/mol. The molecule has 0 atom stereocenters. The lowest BCUT2D eigenvalue weighted by atomic mass is 10.2. The summed E-state index contributed by atoms with van der Waals surface area (Å²) in [5.41, 5.74) is 1.73. The third kappa shape index (κ3) is 3.77. The Hall–Kier alpha value is -2.53. The molecule has 0 saturated carbocycles. The fraction of sp³-hybridized carbons (Fsp3) is 0.125. The molecule has 6 heteroatoms. The van der Waals surface area contributed by atoms with Crippen LogP contribution in [0.2, 0.25) is 5.02 Å². The van der Waals surface area contributed by atoms with Crippen LogP contribution in [0.4, 0.5) is 16.2 Å². The SMILES string of the molecule is COC(=O)c1ccc(N(C)C(=O)Nc2ccc(Cl)cc2)cc1. The van der Waals surface area contributed by atoms with Gasteiger partial charge in [0, 0.05) is 23.4 Å². The van der Waals surface area contributed by atoms with E-state index >= 15 is 0 Å². The lowest BCUT2D eigenvalue weighted by Crippen LogP contribution is -2.31. The van der Waals surface area contributed by atoms with Gasteiger partial charge in [-0.25, -0.2) is 9.59 Å². The van der Waals surface area contributed by atoms with Crippen LogP contribution < -0.4 is 10.2 Å². The number of anilines is 2. The maximum Gasteiger partial charge on any atom is 0.337 e. The largest absolute Gasteiger partial charge is 0.465 e. The Morgan fingerprint density at radius 1 is 1.05 bits per heavy atom. The van der Waals surface area contributed by atoms with Crippen LogP contribution in [0.15, 0.2) is 48.5 Å². The number of halogens is 1. The van der Waals surface area contributed by atoms with Gasteiger partial charge in [-0.1, -0.05) is 11.6 Å². The molecule has 0 bridgehead atoms. The molecular formula is C16H15ClN2O3. The molecule has 2 rings (SSSR count). The van der Waals surface area contributed by atoms with Crippen LogP contribution in [0.25, 0.3) is 0 Å². The van der Waals surface area contributed by atoms with Gasteiger partial charge >= 0.3 is 12.0 Å². The predicted octanol–water partition coefficient (Wildman–Crippen LogP) is 3.79. The zero-order valence-corrected chi connectivity index (χ0v) is 12.9. The van der Waals surface area contributed by atoms with Crippen LogP contribution in [-0.4, -0.2) is 26.2 Å².